The topological polar surface area (TPSA) is 124 Å². The molecule has 0 aliphatic carbocycles. The predicted molar refractivity (Wildman–Crippen MR) is 130 cm³/mol. The summed E-state index contributed by atoms with van der Waals surface area (Å²) in [6, 6.07) is 19.5. The molecule has 1 unspecified atom stereocenters. The number of para-hydroxylation sites is 1. The highest BCUT2D eigenvalue weighted by molar-refractivity contribution is 5.98. The number of hydrogen-bond donors (Lipinski definition) is 3. The number of ether oxygens (including phenoxy) is 1. The molecule has 2 amide bonds. The molecule has 180 valence electrons. The zero-order valence-electron chi connectivity index (χ0n) is 19.0. The number of carbonyl (C=O) groups excluding carboxylic acids is 3. The molecular weight excluding hydrogens is 463 g/mol. The van der Waals surface area contributed by atoms with E-state index in [1.54, 1.807) is 30.5 Å². The Kier molecular flexibility index (Phi) is 7.36. The third-order valence-corrected chi connectivity index (χ3v) is 5.44. The first-order chi connectivity index (χ1) is 17.4. The van der Waals surface area contributed by atoms with E-state index >= 15 is 0 Å². The number of nitrogens with zero attached hydrogens (tertiary/aromatic N) is 1. The Labute approximate surface area is 205 Å². The molecule has 0 spiro atoms. The highest BCUT2D eigenvalue weighted by Gasteiger charge is 2.25. The fourth-order valence-corrected chi connectivity index (χ4v) is 3.62. The van der Waals surface area contributed by atoms with Gasteiger partial charge in [-0.05, 0) is 60.2 Å². The average Bonchev–Trinajstić information content (AvgIpc) is 3.30. The Morgan fingerprint density at radius 2 is 1.72 bits per heavy atom. The maximum Gasteiger partial charge on any atom is 0.329 e. The molecule has 0 fully saturated rings. The molecule has 3 N–H and O–H groups in total. The quantitative estimate of drug-likeness (QED) is 0.329. The van der Waals surface area contributed by atoms with Gasteiger partial charge in [0.15, 0.2) is 6.61 Å². The van der Waals surface area contributed by atoms with Gasteiger partial charge in [-0.2, -0.15) is 5.26 Å². The lowest BCUT2D eigenvalue weighted by atomic mass is 10.0. The largest absolute Gasteiger partial charge is 0.454 e. The van der Waals surface area contributed by atoms with Gasteiger partial charge in [0.05, 0.1) is 11.6 Å². The van der Waals surface area contributed by atoms with Crippen LogP contribution < -0.4 is 10.6 Å². The molecule has 0 radical (unpaired) electrons. The zero-order valence-corrected chi connectivity index (χ0v) is 19.0. The van der Waals surface area contributed by atoms with Crippen molar-refractivity contribution in [3.8, 4) is 6.07 Å². The van der Waals surface area contributed by atoms with Crippen LogP contribution in [0.4, 0.5) is 10.1 Å². The van der Waals surface area contributed by atoms with Gasteiger partial charge in [-0.25, -0.2) is 9.18 Å². The van der Waals surface area contributed by atoms with Crippen LogP contribution in [0, 0.1) is 17.1 Å². The number of rotatable bonds is 8. The summed E-state index contributed by atoms with van der Waals surface area (Å²) in [5.74, 6) is -2.46. The van der Waals surface area contributed by atoms with Crippen LogP contribution in [-0.2, 0) is 20.7 Å². The smallest absolute Gasteiger partial charge is 0.329 e. The molecule has 1 heterocycles. The van der Waals surface area contributed by atoms with Crippen molar-refractivity contribution in [1.29, 1.82) is 5.26 Å². The summed E-state index contributed by atoms with van der Waals surface area (Å²) < 4.78 is 18.5. The van der Waals surface area contributed by atoms with Crippen molar-refractivity contribution in [3.05, 3.63) is 102 Å². The van der Waals surface area contributed by atoms with Crippen LogP contribution in [0.2, 0.25) is 0 Å². The second-order valence-corrected chi connectivity index (χ2v) is 7.94. The van der Waals surface area contributed by atoms with Gasteiger partial charge >= 0.3 is 5.97 Å². The van der Waals surface area contributed by atoms with Gasteiger partial charge in [-0.15, -0.1) is 0 Å². The zero-order chi connectivity index (χ0) is 25.5. The Morgan fingerprint density at radius 1 is 1.00 bits per heavy atom. The molecule has 3 aromatic carbocycles. The number of amides is 2. The van der Waals surface area contributed by atoms with Gasteiger partial charge in [0.2, 0.25) is 0 Å². The summed E-state index contributed by atoms with van der Waals surface area (Å²) in [7, 11) is 0. The normalized spacial score (nSPS) is 11.3. The van der Waals surface area contributed by atoms with Crippen LogP contribution in [0.3, 0.4) is 0 Å². The number of aromatic amines is 1. The van der Waals surface area contributed by atoms with Crippen LogP contribution in [0.5, 0.6) is 0 Å². The standard InChI is InChI=1S/C27H21FN4O4/c28-20-9-7-18(8-10-20)26(34)32-24(13-19-15-30-23-4-2-1-3-22(19)23)27(35)36-16-25(33)31-21-11-5-17(14-29)6-12-21/h1-12,15,24,30H,13,16H2,(H,31,33)(H,32,34). The molecule has 0 saturated heterocycles. The lowest BCUT2D eigenvalue weighted by molar-refractivity contribution is -0.149. The lowest BCUT2D eigenvalue weighted by Gasteiger charge is -2.18. The number of nitrogens with one attached hydrogen (secondary N) is 3. The van der Waals surface area contributed by atoms with E-state index in [0.29, 0.717) is 11.3 Å². The number of fused-ring (bicyclic) bond motifs is 1. The molecule has 8 nitrogen and oxygen atoms in total. The van der Waals surface area contributed by atoms with E-state index in [0.717, 1.165) is 28.6 Å². The van der Waals surface area contributed by atoms with Crippen molar-refractivity contribution in [2.24, 2.45) is 0 Å². The van der Waals surface area contributed by atoms with Gasteiger partial charge in [0.25, 0.3) is 11.8 Å². The Morgan fingerprint density at radius 3 is 2.44 bits per heavy atom. The van der Waals surface area contributed by atoms with Crippen LogP contribution in [-0.4, -0.2) is 35.4 Å². The number of nitriles is 1. The highest BCUT2D eigenvalue weighted by Crippen LogP contribution is 2.20. The Bertz CT molecular complexity index is 1440. The fraction of sp³-hybridized carbons (Fsp3) is 0.111. The number of esters is 1. The van der Waals surface area contributed by atoms with E-state index in [-0.39, 0.29) is 12.0 Å². The summed E-state index contributed by atoms with van der Waals surface area (Å²) in [4.78, 5) is 41.1. The summed E-state index contributed by atoms with van der Waals surface area (Å²) in [5.41, 5.74) is 2.69. The fourth-order valence-electron chi connectivity index (χ4n) is 3.62. The van der Waals surface area contributed by atoms with Crippen molar-refractivity contribution in [2.45, 2.75) is 12.5 Å². The van der Waals surface area contributed by atoms with Gasteiger partial charge in [0.1, 0.15) is 11.9 Å². The number of H-pyrrole nitrogens is 1. The molecule has 4 aromatic rings. The first-order valence-electron chi connectivity index (χ1n) is 11.0. The molecular formula is C27H21FN4O4. The van der Waals surface area contributed by atoms with Crippen LogP contribution in [0.25, 0.3) is 10.9 Å². The second kappa shape index (κ2) is 11.0. The second-order valence-electron chi connectivity index (χ2n) is 7.94. The van der Waals surface area contributed by atoms with Crippen molar-refractivity contribution >= 4 is 34.4 Å². The number of halogens is 1. The number of carbonyl (C=O) groups is 3. The highest BCUT2D eigenvalue weighted by atomic mass is 19.1. The number of benzene rings is 3. The molecule has 1 atom stereocenters. The Balaban J connectivity index is 1.45. The van der Waals surface area contributed by atoms with Crippen molar-refractivity contribution < 1.29 is 23.5 Å². The number of anilines is 1. The molecule has 36 heavy (non-hydrogen) atoms. The molecule has 0 aliphatic rings. The molecule has 1 aromatic heterocycles. The summed E-state index contributed by atoms with van der Waals surface area (Å²) in [5, 5.41) is 14.9. The SMILES string of the molecule is N#Cc1ccc(NC(=O)COC(=O)C(Cc2c[nH]c3ccccc23)NC(=O)c2ccc(F)cc2)cc1. The minimum Gasteiger partial charge on any atom is -0.454 e. The molecule has 0 aliphatic heterocycles. The minimum absolute atomic E-state index is 0.104. The summed E-state index contributed by atoms with van der Waals surface area (Å²) in [6.45, 7) is -0.574. The van der Waals surface area contributed by atoms with Crippen molar-refractivity contribution in [2.75, 3.05) is 11.9 Å². The van der Waals surface area contributed by atoms with Crippen LogP contribution in [0.15, 0.2) is 79.0 Å². The van der Waals surface area contributed by atoms with Crippen molar-refractivity contribution in [3.63, 3.8) is 0 Å². The number of aromatic nitrogens is 1. The van der Waals surface area contributed by atoms with E-state index in [9.17, 15) is 18.8 Å². The van der Waals surface area contributed by atoms with Crippen molar-refractivity contribution in [1.82, 2.24) is 10.3 Å². The molecule has 0 saturated carbocycles. The van der Waals surface area contributed by atoms with E-state index in [1.807, 2.05) is 30.3 Å². The first-order valence-corrected chi connectivity index (χ1v) is 11.0. The van der Waals surface area contributed by atoms with Crippen LogP contribution >= 0.6 is 0 Å². The monoisotopic (exact) mass is 484 g/mol. The maximum atomic E-state index is 13.3. The summed E-state index contributed by atoms with van der Waals surface area (Å²) >= 11 is 0. The molecule has 4 rings (SSSR count). The maximum absolute atomic E-state index is 13.3. The van der Waals surface area contributed by atoms with E-state index in [1.165, 1.54) is 12.1 Å². The first kappa shape index (κ1) is 24.2. The van der Waals surface area contributed by atoms with Gasteiger partial charge in [-0.3, -0.25) is 9.59 Å². The predicted octanol–water partition coefficient (Wildman–Crippen LogP) is 3.70. The van der Waals surface area contributed by atoms with Gasteiger partial charge in [-0.1, -0.05) is 18.2 Å². The van der Waals surface area contributed by atoms with E-state index in [4.69, 9.17) is 10.00 Å². The molecule has 0 bridgehead atoms. The van der Waals surface area contributed by atoms with E-state index < -0.39 is 36.2 Å². The third kappa shape index (κ3) is 5.93. The Hall–Kier alpha value is -4.97. The molecule has 9 heteroatoms. The summed E-state index contributed by atoms with van der Waals surface area (Å²) in [6.07, 6.45) is 1.85. The number of hydrogen-bond acceptors (Lipinski definition) is 5. The van der Waals surface area contributed by atoms with Gasteiger partial charge in [0, 0.05) is 34.8 Å². The average molecular weight is 484 g/mol. The lowest BCUT2D eigenvalue weighted by Crippen LogP contribution is -2.44. The minimum atomic E-state index is -1.11. The van der Waals surface area contributed by atoms with E-state index in [2.05, 4.69) is 15.6 Å². The third-order valence-electron chi connectivity index (χ3n) is 5.44. The van der Waals surface area contributed by atoms with Gasteiger partial charge < -0.3 is 20.4 Å². The van der Waals surface area contributed by atoms with Crippen LogP contribution in [0.1, 0.15) is 21.5 Å².